The summed E-state index contributed by atoms with van der Waals surface area (Å²) in [6.45, 7) is 0. The summed E-state index contributed by atoms with van der Waals surface area (Å²) in [5, 5.41) is 0. The minimum atomic E-state index is -0.447. The first kappa shape index (κ1) is 13.6. The van der Waals surface area contributed by atoms with E-state index in [0.717, 1.165) is 11.1 Å². The van der Waals surface area contributed by atoms with Crippen LogP contribution in [0, 0.1) is 11.6 Å². The Bertz CT molecular complexity index is 587. The van der Waals surface area contributed by atoms with Crippen LogP contribution in [0.5, 0.6) is 0 Å². The van der Waals surface area contributed by atoms with Crippen LogP contribution >= 0.6 is 31.9 Å². The maximum atomic E-state index is 13.2. The third kappa shape index (κ3) is 2.79. The number of nitrogens with two attached hydrogens (primary N) is 1. The van der Waals surface area contributed by atoms with Gasteiger partial charge < -0.3 is 5.73 Å². The summed E-state index contributed by atoms with van der Waals surface area (Å²) >= 11 is 6.39. The zero-order valence-electron chi connectivity index (χ0n) is 9.13. The van der Waals surface area contributed by atoms with Gasteiger partial charge in [-0.05, 0) is 51.3 Å². The molecule has 2 N–H and O–H groups in total. The van der Waals surface area contributed by atoms with E-state index in [-0.39, 0.29) is 11.6 Å². The molecule has 0 aliphatic rings. The average Bonchev–Trinajstić information content (AvgIpc) is 2.32. The van der Waals surface area contributed by atoms with Crippen molar-refractivity contribution in [1.29, 1.82) is 0 Å². The van der Waals surface area contributed by atoms with Gasteiger partial charge in [0.05, 0.1) is 10.5 Å². The van der Waals surface area contributed by atoms with Gasteiger partial charge in [0.1, 0.15) is 11.6 Å². The van der Waals surface area contributed by atoms with Crippen LogP contribution < -0.4 is 5.73 Å². The molecule has 0 spiro atoms. The van der Waals surface area contributed by atoms with Crippen LogP contribution in [-0.2, 0) is 0 Å². The van der Waals surface area contributed by atoms with Crippen molar-refractivity contribution in [2.45, 2.75) is 6.04 Å². The summed E-state index contributed by atoms with van der Waals surface area (Å²) in [4.78, 5) is 0. The highest BCUT2D eigenvalue weighted by atomic mass is 79.9. The topological polar surface area (TPSA) is 26.0 Å². The molecule has 1 atom stereocenters. The second kappa shape index (κ2) is 5.47. The Morgan fingerprint density at radius 1 is 0.944 bits per heavy atom. The third-order valence-electron chi connectivity index (χ3n) is 2.60. The molecule has 0 fully saturated rings. The maximum absolute atomic E-state index is 13.2. The lowest BCUT2D eigenvalue weighted by Gasteiger charge is -2.15. The number of benzene rings is 2. The van der Waals surface area contributed by atoms with Crippen LogP contribution in [0.2, 0.25) is 0 Å². The number of halogens is 4. The lowest BCUT2D eigenvalue weighted by atomic mass is 10.00. The zero-order chi connectivity index (χ0) is 13.3. The molecule has 0 saturated heterocycles. The first-order valence-electron chi connectivity index (χ1n) is 5.14. The molecule has 2 rings (SSSR count). The number of rotatable bonds is 2. The Hall–Kier alpha value is -0.780. The SMILES string of the molecule is NC(c1ccc(F)c(Br)c1)c1ccc(F)cc1Br. The van der Waals surface area contributed by atoms with Crippen molar-refractivity contribution in [2.24, 2.45) is 5.73 Å². The van der Waals surface area contributed by atoms with Crippen molar-refractivity contribution in [3.63, 3.8) is 0 Å². The molecular formula is C13H9Br2F2N. The average molecular weight is 377 g/mol. The van der Waals surface area contributed by atoms with Gasteiger partial charge >= 0.3 is 0 Å². The van der Waals surface area contributed by atoms with Gasteiger partial charge in [0, 0.05) is 4.47 Å². The lowest BCUT2D eigenvalue weighted by molar-refractivity contribution is 0.619. The van der Waals surface area contributed by atoms with Gasteiger partial charge in [-0.25, -0.2) is 8.78 Å². The minimum Gasteiger partial charge on any atom is -0.320 e. The predicted octanol–water partition coefficient (Wildman–Crippen LogP) is 4.54. The number of hydrogen-bond acceptors (Lipinski definition) is 1. The van der Waals surface area contributed by atoms with Crippen LogP contribution in [-0.4, -0.2) is 0 Å². The molecule has 0 aliphatic heterocycles. The van der Waals surface area contributed by atoms with Crippen LogP contribution in [0.25, 0.3) is 0 Å². The molecule has 2 aromatic carbocycles. The largest absolute Gasteiger partial charge is 0.320 e. The molecular weight excluding hydrogens is 368 g/mol. The van der Waals surface area contributed by atoms with E-state index in [4.69, 9.17) is 5.73 Å². The Kier molecular flexibility index (Phi) is 4.14. The molecule has 1 unspecified atom stereocenters. The van der Waals surface area contributed by atoms with E-state index >= 15 is 0 Å². The van der Waals surface area contributed by atoms with Crippen LogP contribution in [0.15, 0.2) is 45.3 Å². The highest BCUT2D eigenvalue weighted by Gasteiger charge is 2.14. The minimum absolute atomic E-state index is 0.335. The molecule has 18 heavy (non-hydrogen) atoms. The molecule has 2 aromatic rings. The Balaban J connectivity index is 2.41. The van der Waals surface area contributed by atoms with Crippen molar-refractivity contribution in [1.82, 2.24) is 0 Å². The summed E-state index contributed by atoms with van der Waals surface area (Å²) in [5.74, 6) is -0.678. The van der Waals surface area contributed by atoms with Gasteiger partial charge in [-0.3, -0.25) is 0 Å². The van der Waals surface area contributed by atoms with E-state index in [2.05, 4.69) is 31.9 Å². The fourth-order valence-corrected chi connectivity index (χ4v) is 2.63. The molecule has 0 heterocycles. The summed E-state index contributed by atoms with van der Waals surface area (Å²) in [6, 6.07) is 8.44. The van der Waals surface area contributed by atoms with Crippen molar-refractivity contribution in [2.75, 3.05) is 0 Å². The molecule has 0 bridgehead atoms. The van der Waals surface area contributed by atoms with Crippen molar-refractivity contribution in [3.8, 4) is 0 Å². The van der Waals surface area contributed by atoms with Gasteiger partial charge in [-0.1, -0.05) is 28.1 Å². The molecule has 0 amide bonds. The summed E-state index contributed by atoms with van der Waals surface area (Å²) < 4.78 is 27.1. The Labute approximate surface area is 120 Å². The van der Waals surface area contributed by atoms with Crippen LogP contribution in [0.3, 0.4) is 0 Å². The van der Waals surface area contributed by atoms with Gasteiger partial charge in [-0.2, -0.15) is 0 Å². The van der Waals surface area contributed by atoms with E-state index in [1.807, 2.05) is 0 Å². The summed E-state index contributed by atoms with van der Waals surface area (Å²) in [5.41, 5.74) is 7.58. The third-order valence-corrected chi connectivity index (χ3v) is 3.89. The first-order chi connectivity index (χ1) is 8.49. The highest BCUT2D eigenvalue weighted by molar-refractivity contribution is 9.10. The molecule has 5 heteroatoms. The highest BCUT2D eigenvalue weighted by Crippen LogP contribution is 2.29. The lowest BCUT2D eigenvalue weighted by Crippen LogP contribution is -2.12. The summed E-state index contributed by atoms with van der Waals surface area (Å²) in [6.07, 6.45) is 0. The van der Waals surface area contributed by atoms with Gasteiger partial charge in [-0.15, -0.1) is 0 Å². The van der Waals surface area contributed by atoms with E-state index < -0.39 is 6.04 Å². The van der Waals surface area contributed by atoms with E-state index in [9.17, 15) is 8.78 Å². The van der Waals surface area contributed by atoms with Gasteiger partial charge in [0.25, 0.3) is 0 Å². The van der Waals surface area contributed by atoms with Crippen molar-refractivity contribution in [3.05, 3.63) is 68.1 Å². The van der Waals surface area contributed by atoms with Crippen LogP contribution in [0.4, 0.5) is 8.78 Å². The molecule has 0 radical (unpaired) electrons. The molecule has 0 aliphatic carbocycles. The standard InChI is InChI=1S/C13H9Br2F2N/c14-10-6-8(16)2-3-9(10)13(18)7-1-4-12(17)11(15)5-7/h1-6,13H,18H2. The zero-order valence-corrected chi connectivity index (χ0v) is 12.3. The number of hydrogen-bond donors (Lipinski definition) is 1. The molecule has 0 saturated carbocycles. The van der Waals surface area contributed by atoms with E-state index in [1.54, 1.807) is 18.2 Å². The van der Waals surface area contributed by atoms with Gasteiger partial charge in [0.2, 0.25) is 0 Å². The molecule has 1 nitrogen and oxygen atoms in total. The Morgan fingerprint density at radius 3 is 2.28 bits per heavy atom. The van der Waals surface area contributed by atoms with E-state index in [1.165, 1.54) is 18.2 Å². The maximum Gasteiger partial charge on any atom is 0.137 e. The monoisotopic (exact) mass is 375 g/mol. The quantitative estimate of drug-likeness (QED) is 0.818. The second-order valence-electron chi connectivity index (χ2n) is 3.82. The Morgan fingerprint density at radius 2 is 1.67 bits per heavy atom. The molecule has 94 valence electrons. The smallest absolute Gasteiger partial charge is 0.137 e. The first-order valence-corrected chi connectivity index (χ1v) is 6.73. The van der Waals surface area contributed by atoms with Crippen molar-refractivity contribution >= 4 is 31.9 Å². The van der Waals surface area contributed by atoms with Crippen molar-refractivity contribution < 1.29 is 8.78 Å². The van der Waals surface area contributed by atoms with E-state index in [0.29, 0.717) is 8.95 Å². The molecule has 0 aromatic heterocycles. The normalized spacial score (nSPS) is 12.5. The second-order valence-corrected chi connectivity index (χ2v) is 5.53. The van der Waals surface area contributed by atoms with Gasteiger partial charge in [0.15, 0.2) is 0 Å². The fourth-order valence-electron chi connectivity index (χ4n) is 1.64. The summed E-state index contributed by atoms with van der Waals surface area (Å²) in [7, 11) is 0. The van der Waals surface area contributed by atoms with Crippen LogP contribution in [0.1, 0.15) is 17.2 Å². The fraction of sp³-hybridized carbons (Fsp3) is 0.0769. The predicted molar refractivity (Wildman–Crippen MR) is 74.2 cm³/mol.